The fourth-order valence-corrected chi connectivity index (χ4v) is 19.2. The first-order chi connectivity index (χ1) is 51.3. The Balaban J connectivity index is 0.000000173. The molecule has 107 heavy (non-hydrogen) atoms. The number of aromatic nitrogens is 7. The van der Waals surface area contributed by atoms with Crippen molar-refractivity contribution in [2.75, 3.05) is 101 Å². The number of halogens is 2. The van der Waals surface area contributed by atoms with Crippen LogP contribution in [0, 0.1) is 13.8 Å². The number of sulfonamides is 3. The van der Waals surface area contributed by atoms with E-state index in [2.05, 4.69) is 53.9 Å². The minimum absolute atomic E-state index is 0. The van der Waals surface area contributed by atoms with Crippen molar-refractivity contribution >= 4 is 176 Å². The second-order valence-electron chi connectivity index (χ2n) is 25.6. The molecule has 3 atom stereocenters. The molecule has 12 aromatic rings. The first-order valence-electron chi connectivity index (χ1n) is 34.0. The van der Waals surface area contributed by atoms with Gasteiger partial charge in [-0.3, -0.25) is 33.3 Å². The fraction of sp³-hybridized carbons (Fsp3) is 0.260. The van der Waals surface area contributed by atoms with Gasteiger partial charge in [-0.15, -0.1) is 22.7 Å². The average molecular weight is 1600 g/mol. The quantitative estimate of drug-likeness (QED) is 0.0719. The molecule has 3 fully saturated rings. The highest BCUT2D eigenvalue weighted by Crippen LogP contribution is 2.33. The lowest BCUT2D eigenvalue weighted by molar-refractivity contribution is -0.139. The summed E-state index contributed by atoms with van der Waals surface area (Å²) in [5, 5.41) is 8.64. The third-order valence-corrected chi connectivity index (χ3v) is 26.0. The van der Waals surface area contributed by atoms with Crippen LogP contribution in [0.15, 0.2) is 202 Å². The number of benzene rings is 6. The molecular weight excluding hydrogens is 1520 g/mol. The van der Waals surface area contributed by atoms with Gasteiger partial charge >= 0.3 is 0 Å². The number of amides is 4. The predicted molar refractivity (Wildman–Crippen MR) is 428 cm³/mol. The van der Waals surface area contributed by atoms with Crippen molar-refractivity contribution in [1.82, 2.24) is 47.7 Å². The standard InChI is InChI=1S/C25H26ClN5O3S2.C24H25ClN6O3S2.C24H23N5O4S2.3H2/c1-17-15-19-16-20(26)3-8-23(19)31(17)18(2)24(32)30-12-10-29(11-13-30)21-4-6-22(7-5-21)36(33,34)28-25-27-9-14-35-25;1-16(31-11-10-18-4-3-5-21(25)22(18)31)23(32)30-14-12-29(13-15-30)19-6-8-20(9-7-19)36(33,34)28-24-26-17(2)27-35-24;1-17(28-12-10-18-4-2-3-5-21(18)28)23(31)27-13-14-29(22(30)16-27)19-6-8-20(9-7-19)35(32,33)26-24-25-11-15-34-24;;;/h3-9,14-16,18H,10-13H2,1-2H3,(H,27,28);3-11,16H,12-15H2,1-2H3,(H,26,27,28);2-12,15,17H,13-14,16H2,1H3,(H,25,26);3*1H/t;;17-;;;/m..0.../s1. The van der Waals surface area contributed by atoms with Crippen LogP contribution in [-0.2, 0) is 49.2 Å². The van der Waals surface area contributed by atoms with E-state index in [9.17, 15) is 44.4 Å². The number of aryl methyl sites for hydroxylation is 2. The molecule has 4 amide bonds. The lowest BCUT2D eigenvalue weighted by atomic mass is 10.2. The minimum Gasteiger partial charge on any atom is -0.368 e. The maximum absolute atomic E-state index is 13.4. The molecule has 15 rings (SSSR count). The molecule has 6 aromatic carbocycles. The van der Waals surface area contributed by atoms with Crippen LogP contribution in [0.2, 0.25) is 10.0 Å². The number of anilines is 6. The van der Waals surface area contributed by atoms with Crippen molar-refractivity contribution in [2.24, 2.45) is 0 Å². The van der Waals surface area contributed by atoms with E-state index in [1.54, 1.807) is 94.3 Å². The molecule has 2 unspecified atom stereocenters. The Labute approximate surface area is 645 Å². The summed E-state index contributed by atoms with van der Waals surface area (Å²) in [6, 6.07) is 43.8. The Morgan fingerprint density at radius 2 is 0.981 bits per heavy atom. The number of carbonyl (C=O) groups excluding carboxylic acids is 4. The molecule has 3 N–H and O–H groups in total. The van der Waals surface area contributed by atoms with Crippen molar-refractivity contribution in [3.8, 4) is 0 Å². The SMILES string of the molecule is C[C@@H](C(=O)N1CCN(c2ccc(S(=O)(=O)Nc3nccs3)cc2)C(=O)C1)n1ccc2ccccc21.Cc1cc2cc(Cl)ccc2n1C(C)C(=O)N1CCN(c2ccc(S(=O)(=O)Nc3nccs3)cc2)CC1.Cc1nsc(NS(=O)(=O)c2ccc(N3CCN(C(=O)C(C)n4ccc5cccc(Cl)c54)CC3)cc2)n1.[HH].[HH].[HH]. The number of piperazine rings is 3. The normalized spacial score (nSPS) is 15.3. The molecule has 3 aliphatic rings. The van der Waals surface area contributed by atoms with Gasteiger partial charge in [-0.2, -0.15) is 4.37 Å². The smallest absolute Gasteiger partial charge is 0.263 e. The Morgan fingerprint density at radius 3 is 1.51 bits per heavy atom. The summed E-state index contributed by atoms with van der Waals surface area (Å²) >= 11 is 16.0. The molecule has 3 saturated heterocycles. The number of nitrogens with one attached hydrogen (secondary N) is 3. The van der Waals surface area contributed by atoms with Crippen LogP contribution in [0.1, 0.15) is 54.7 Å². The van der Waals surface area contributed by atoms with E-state index in [0.29, 0.717) is 92.1 Å². The Morgan fingerprint density at radius 1 is 0.495 bits per heavy atom. The predicted octanol–water partition coefficient (Wildman–Crippen LogP) is 13.0. The van der Waals surface area contributed by atoms with Crippen LogP contribution in [0.5, 0.6) is 0 Å². The van der Waals surface area contributed by atoms with Crippen LogP contribution in [-0.4, -0.2) is 169 Å². The number of nitrogens with zero attached hydrogens (tertiary/aromatic N) is 13. The molecule has 0 spiro atoms. The number of rotatable bonds is 18. The summed E-state index contributed by atoms with van der Waals surface area (Å²) < 4.78 is 92.8. The van der Waals surface area contributed by atoms with E-state index in [1.165, 1.54) is 41.0 Å². The van der Waals surface area contributed by atoms with Gasteiger partial charge in [-0.1, -0.05) is 53.5 Å². The Bertz CT molecular complexity index is 5590. The number of fused-ring (bicyclic) bond motifs is 3. The van der Waals surface area contributed by atoms with Crippen LogP contribution in [0.3, 0.4) is 0 Å². The molecular formula is C73H80Cl2N16O10S6. The van der Waals surface area contributed by atoms with Gasteiger partial charge in [0.25, 0.3) is 30.1 Å². The van der Waals surface area contributed by atoms with Gasteiger partial charge in [-0.05, 0) is 161 Å². The Kier molecular flexibility index (Phi) is 22.4. The summed E-state index contributed by atoms with van der Waals surface area (Å²) in [5.74, 6) is 0.316. The first kappa shape index (κ1) is 75.3. The zero-order valence-electron chi connectivity index (χ0n) is 58.5. The van der Waals surface area contributed by atoms with E-state index in [1.807, 2.05) is 132 Å². The third kappa shape index (κ3) is 16.8. The maximum Gasteiger partial charge on any atom is 0.263 e. The van der Waals surface area contributed by atoms with E-state index in [0.717, 1.165) is 61.3 Å². The van der Waals surface area contributed by atoms with Crippen LogP contribution >= 0.6 is 57.4 Å². The van der Waals surface area contributed by atoms with E-state index < -0.39 is 36.1 Å². The molecule has 0 aliphatic carbocycles. The van der Waals surface area contributed by atoms with Gasteiger partial charge < -0.3 is 43.1 Å². The highest BCUT2D eigenvalue weighted by molar-refractivity contribution is 7.93. The number of thiazole rings is 2. The number of hydrogen-bond donors (Lipinski definition) is 3. The molecule has 0 bridgehead atoms. The monoisotopic (exact) mass is 1600 g/mol. The van der Waals surface area contributed by atoms with Crippen molar-refractivity contribution in [3.05, 3.63) is 209 Å². The van der Waals surface area contributed by atoms with Crippen LogP contribution < -0.4 is 28.9 Å². The van der Waals surface area contributed by atoms with E-state index in [4.69, 9.17) is 23.2 Å². The van der Waals surface area contributed by atoms with Gasteiger partial charge in [0.05, 0.1) is 25.2 Å². The van der Waals surface area contributed by atoms with Crippen LogP contribution in [0.4, 0.5) is 32.5 Å². The maximum atomic E-state index is 13.4. The van der Waals surface area contributed by atoms with Gasteiger partial charge in [0.15, 0.2) is 10.3 Å². The molecule has 9 heterocycles. The molecule has 6 aromatic heterocycles. The zero-order chi connectivity index (χ0) is 75.5. The second kappa shape index (κ2) is 31.9. The molecule has 0 saturated carbocycles. The van der Waals surface area contributed by atoms with Crippen LogP contribution in [0.25, 0.3) is 32.7 Å². The highest BCUT2D eigenvalue weighted by Gasteiger charge is 2.34. The largest absolute Gasteiger partial charge is 0.368 e. The number of para-hydroxylation sites is 2. The summed E-state index contributed by atoms with van der Waals surface area (Å²) in [6.45, 7) is 15.1. The summed E-state index contributed by atoms with van der Waals surface area (Å²) in [4.78, 5) is 76.3. The average Bonchev–Trinajstić information content (AvgIpc) is 1.59. The summed E-state index contributed by atoms with van der Waals surface area (Å²) in [5.41, 5.74) is 6.26. The lowest BCUT2D eigenvalue weighted by Gasteiger charge is -2.37. The summed E-state index contributed by atoms with van der Waals surface area (Å²) in [7, 11) is -11.2. The van der Waals surface area contributed by atoms with Crippen molar-refractivity contribution in [3.63, 3.8) is 0 Å². The van der Waals surface area contributed by atoms with E-state index in [-0.39, 0.29) is 71.5 Å². The molecule has 34 heteroatoms. The summed E-state index contributed by atoms with van der Waals surface area (Å²) in [6.07, 6.45) is 6.87. The minimum atomic E-state index is -3.77. The first-order valence-corrected chi connectivity index (χ1v) is 41.8. The molecule has 26 nitrogen and oxygen atoms in total. The Hall–Kier alpha value is -9.93. The van der Waals surface area contributed by atoms with Crippen molar-refractivity contribution in [1.29, 1.82) is 0 Å². The van der Waals surface area contributed by atoms with E-state index >= 15 is 0 Å². The van der Waals surface area contributed by atoms with Gasteiger partial charge in [0.1, 0.15) is 30.5 Å². The van der Waals surface area contributed by atoms with Crippen molar-refractivity contribution in [2.45, 2.75) is 67.4 Å². The van der Waals surface area contributed by atoms with Crippen molar-refractivity contribution < 1.29 is 48.7 Å². The zero-order valence-corrected chi connectivity index (χ0v) is 64.9. The van der Waals surface area contributed by atoms with Gasteiger partial charge in [0, 0.05) is 166 Å². The molecule has 0 radical (unpaired) electrons. The topological polar surface area (TPSA) is 293 Å². The van der Waals surface area contributed by atoms with Gasteiger partial charge in [0.2, 0.25) is 28.8 Å². The highest BCUT2D eigenvalue weighted by atomic mass is 35.5. The second-order valence-corrected chi connectivity index (χ2v) is 34.1. The lowest BCUT2D eigenvalue weighted by Crippen LogP contribution is -2.53. The molecule has 562 valence electrons. The third-order valence-electron chi connectivity index (χ3n) is 18.9. The number of hydrogen-bond acceptors (Lipinski definition) is 19. The van der Waals surface area contributed by atoms with Gasteiger partial charge in [-0.25, -0.2) is 40.2 Å². The number of carbonyl (C=O) groups is 4. The molecule has 3 aliphatic heterocycles. The fourth-order valence-electron chi connectivity index (χ4n) is 13.3.